The maximum atomic E-state index is 5.77. The predicted molar refractivity (Wildman–Crippen MR) is 70.1 cm³/mol. The molecule has 96 valence electrons. The first kappa shape index (κ1) is 12.7. The predicted octanol–water partition coefficient (Wildman–Crippen LogP) is 2.19. The van der Waals surface area contributed by atoms with E-state index in [1.165, 1.54) is 12.8 Å². The van der Waals surface area contributed by atoms with E-state index in [0.29, 0.717) is 5.41 Å². The first-order valence-corrected chi connectivity index (χ1v) is 6.45. The summed E-state index contributed by atoms with van der Waals surface area (Å²) >= 11 is 0. The number of nitrogens with two attached hydrogens (primary N) is 1. The van der Waals surface area contributed by atoms with Gasteiger partial charge in [-0.15, -0.1) is 0 Å². The van der Waals surface area contributed by atoms with E-state index in [9.17, 15) is 0 Å². The third kappa shape index (κ3) is 2.90. The summed E-state index contributed by atoms with van der Waals surface area (Å²) < 4.78 is 5.71. The summed E-state index contributed by atoms with van der Waals surface area (Å²) in [4.78, 5) is 0. The average Bonchev–Trinajstić information content (AvgIpc) is 2.92. The van der Waals surface area contributed by atoms with Gasteiger partial charge in [0.1, 0.15) is 11.5 Å². The van der Waals surface area contributed by atoms with Crippen LogP contribution in [0.4, 0.5) is 0 Å². The van der Waals surface area contributed by atoms with Gasteiger partial charge in [0.2, 0.25) is 0 Å². The Balaban J connectivity index is 1.85. The molecule has 3 heteroatoms. The quantitative estimate of drug-likeness (QED) is 0.796. The van der Waals surface area contributed by atoms with Crippen LogP contribution in [0.3, 0.4) is 0 Å². The lowest BCUT2D eigenvalue weighted by Gasteiger charge is -2.24. The van der Waals surface area contributed by atoms with Gasteiger partial charge >= 0.3 is 0 Å². The van der Waals surface area contributed by atoms with E-state index >= 15 is 0 Å². The van der Waals surface area contributed by atoms with Gasteiger partial charge in [-0.3, -0.25) is 0 Å². The maximum Gasteiger partial charge on any atom is 0.111 e. The minimum absolute atomic E-state index is 0.0406. The molecule has 0 saturated heterocycles. The van der Waals surface area contributed by atoms with Crippen molar-refractivity contribution >= 4 is 0 Å². The van der Waals surface area contributed by atoms with Crippen LogP contribution in [0.25, 0.3) is 0 Å². The van der Waals surface area contributed by atoms with Gasteiger partial charge in [0.15, 0.2) is 0 Å². The molecule has 0 radical (unpaired) electrons. The minimum Gasteiger partial charge on any atom is -0.466 e. The molecule has 2 rings (SSSR count). The standard InChI is InChI=1S/C14H24N2O/c1-11-4-5-12(17-11)13(2,3)9-16-10-14(8-15)6-7-14/h4-5,16H,6-10,15H2,1-3H3. The van der Waals surface area contributed by atoms with E-state index in [-0.39, 0.29) is 5.41 Å². The lowest BCUT2D eigenvalue weighted by atomic mass is 9.90. The van der Waals surface area contributed by atoms with Crippen LogP contribution in [-0.2, 0) is 5.41 Å². The fourth-order valence-corrected chi connectivity index (χ4v) is 2.16. The Morgan fingerprint density at radius 3 is 2.59 bits per heavy atom. The molecule has 0 aliphatic heterocycles. The molecule has 0 bridgehead atoms. The van der Waals surface area contributed by atoms with E-state index in [4.69, 9.17) is 10.2 Å². The Morgan fingerprint density at radius 1 is 1.41 bits per heavy atom. The highest BCUT2D eigenvalue weighted by Gasteiger charge is 2.41. The molecule has 1 aliphatic rings. The van der Waals surface area contributed by atoms with E-state index in [1.54, 1.807) is 0 Å². The molecule has 1 aromatic rings. The van der Waals surface area contributed by atoms with Crippen molar-refractivity contribution in [1.29, 1.82) is 0 Å². The zero-order chi connectivity index (χ0) is 12.5. The van der Waals surface area contributed by atoms with Gasteiger partial charge in [-0.2, -0.15) is 0 Å². The van der Waals surface area contributed by atoms with Crippen molar-refractivity contribution < 1.29 is 4.42 Å². The van der Waals surface area contributed by atoms with Gasteiger partial charge in [-0.1, -0.05) is 13.8 Å². The molecule has 1 aliphatic carbocycles. The SMILES string of the molecule is Cc1ccc(C(C)(C)CNCC2(CN)CC2)o1. The second-order valence-electron chi connectivity index (χ2n) is 6.10. The van der Waals surface area contributed by atoms with Crippen molar-refractivity contribution in [3.8, 4) is 0 Å². The topological polar surface area (TPSA) is 51.2 Å². The number of hydrogen-bond donors (Lipinski definition) is 2. The maximum absolute atomic E-state index is 5.77. The lowest BCUT2D eigenvalue weighted by Crippen LogP contribution is -2.37. The van der Waals surface area contributed by atoms with Crippen molar-refractivity contribution in [2.45, 2.75) is 39.0 Å². The molecular formula is C14H24N2O. The van der Waals surface area contributed by atoms with Crippen LogP contribution < -0.4 is 11.1 Å². The largest absolute Gasteiger partial charge is 0.466 e. The van der Waals surface area contributed by atoms with Crippen molar-refractivity contribution in [2.24, 2.45) is 11.1 Å². The summed E-state index contributed by atoms with van der Waals surface area (Å²) in [6.07, 6.45) is 2.55. The third-order valence-electron chi connectivity index (χ3n) is 3.86. The smallest absolute Gasteiger partial charge is 0.111 e. The van der Waals surface area contributed by atoms with Crippen LogP contribution in [-0.4, -0.2) is 19.6 Å². The van der Waals surface area contributed by atoms with Crippen LogP contribution >= 0.6 is 0 Å². The molecule has 3 N–H and O–H groups in total. The number of rotatable bonds is 6. The van der Waals surface area contributed by atoms with Crippen LogP contribution in [0.15, 0.2) is 16.5 Å². The molecule has 3 nitrogen and oxygen atoms in total. The molecule has 1 saturated carbocycles. The van der Waals surface area contributed by atoms with E-state index < -0.39 is 0 Å². The fourth-order valence-electron chi connectivity index (χ4n) is 2.16. The molecule has 0 aromatic carbocycles. The summed E-state index contributed by atoms with van der Waals surface area (Å²) in [5.74, 6) is 2.04. The second-order valence-corrected chi connectivity index (χ2v) is 6.10. The highest BCUT2D eigenvalue weighted by molar-refractivity contribution is 5.15. The molecular weight excluding hydrogens is 212 g/mol. The van der Waals surface area contributed by atoms with E-state index in [1.807, 2.05) is 13.0 Å². The molecule has 1 aromatic heterocycles. The monoisotopic (exact) mass is 236 g/mol. The highest BCUT2D eigenvalue weighted by atomic mass is 16.3. The third-order valence-corrected chi connectivity index (χ3v) is 3.86. The molecule has 0 atom stereocenters. The van der Waals surface area contributed by atoms with Gasteiger partial charge < -0.3 is 15.5 Å². The summed E-state index contributed by atoms with van der Waals surface area (Å²) in [5.41, 5.74) is 6.21. The van der Waals surface area contributed by atoms with Crippen LogP contribution in [0.5, 0.6) is 0 Å². The van der Waals surface area contributed by atoms with Crippen LogP contribution in [0.2, 0.25) is 0 Å². The van der Waals surface area contributed by atoms with Gasteiger partial charge in [0.25, 0.3) is 0 Å². The van der Waals surface area contributed by atoms with Crippen molar-refractivity contribution in [1.82, 2.24) is 5.32 Å². The van der Waals surface area contributed by atoms with Crippen molar-refractivity contribution in [3.05, 3.63) is 23.7 Å². The summed E-state index contributed by atoms with van der Waals surface area (Å²) in [6, 6.07) is 4.10. The Kier molecular flexibility index (Phi) is 3.32. The van der Waals surface area contributed by atoms with Gasteiger partial charge in [0, 0.05) is 18.5 Å². The molecule has 0 spiro atoms. The van der Waals surface area contributed by atoms with Crippen LogP contribution in [0.1, 0.15) is 38.2 Å². The molecule has 1 fully saturated rings. The summed E-state index contributed by atoms with van der Waals surface area (Å²) in [5, 5.41) is 3.55. The summed E-state index contributed by atoms with van der Waals surface area (Å²) in [6.45, 7) is 9.18. The average molecular weight is 236 g/mol. The lowest BCUT2D eigenvalue weighted by molar-refractivity contribution is 0.343. The van der Waals surface area contributed by atoms with Crippen LogP contribution in [0, 0.1) is 12.3 Å². The fraction of sp³-hybridized carbons (Fsp3) is 0.714. The zero-order valence-electron chi connectivity index (χ0n) is 11.2. The first-order valence-electron chi connectivity index (χ1n) is 6.45. The Bertz CT molecular complexity index is 377. The van der Waals surface area contributed by atoms with Crippen molar-refractivity contribution in [2.75, 3.05) is 19.6 Å². The van der Waals surface area contributed by atoms with E-state index in [0.717, 1.165) is 31.2 Å². The number of nitrogens with one attached hydrogen (secondary N) is 1. The summed E-state index contributed by atoms with van der Waals surface area (Å²) in [7, 11) is 0. The number of hydrogen-bond acceptors (Lipinski definition) is 3. The van der Waals surface area contributed by atoms with Gasteiger partial charge in [-0.05, 0) is 43.9 Å². The normalized spacial score (nSPS) is 18.4. The Morgan fingerprint density at radius 2 is 2.12 bits per heavy atom. The Labute approximate surface area is 104 Å². The highest BCUT2D eigenvalue weighted by Crippen LogP contribution is 2.43. The zero-order valence-corrected chi connectivity index (χ0v) is 11.2. The molecule has 17 heavy (non-hydrogen) atoms. The minimum atomic E-state index is 0.0406. The molecule has 0 unspecified atom stereocenters. The first-order chi connectivity index (χ1) is 7.97. The Hall–Kier alpha value is -0.800. The van der Waals surface area contributed by atoms with E-state index in [2.05, 4.69) is 25.2 Å². The van der Waals surface area contributed by atoms with Gasteiger partial charge in [-0.25, -0.2) is 0 Å². The molecule has 1 heterocycles. The number of furan rings is 1. The molecule has 0 amide bonds. The number of aryl methyl sites for hydroxylation is 1. The van der Waals surface area contributed by atoms with Gasteiger partial charge in [0.05, 0.1) is 0 Å². The van der Waals surface area contributed by atoms with Crippen molar-refractivity contribution in [3.63, 3.8) is 0 Å². The second kappa shape index (κ2) is 4.46.